The van der Waals surface area contributed by atoms with Crippen LogP contribution in [-0.4, -0.2) is 39.1 Å². The number of carbonyl (C=O) groups excluding carboxylic acids is 1. The quantitative estimate of drug-likeness (QED) is 0.190. The van der Waals surface area contributed by atoms with Crippen molar-refractivity contribution in [3.05, 3.63) is 84.1 Å². The van der Waals surface area contributed by atoms with Gasteiger partial charge in [0.15, 0.2) is 0 Å². The van der Waals surface area contributed by atoms with Crippen LogP contribution in [0.15, 0.2) is 66.9 Å². The second kappa shape index (κ2) is 12.0. The van der Waals surface area contributed by atoms with Crippen LogP contribution in [0.25, 0.3) is 5.69 Å². The fraction of sp³-hybridized carbons (Fsp3) is 0.276. The zero-order valence-electron chi connectivity index (χ0n) is 22.5. The maximum Gasteiger partial charge on any atom is 0.324 e. The number of aryl methyl sites for hydroxylation is 1. The van der Waals surface area contributed by atoms with Gasteiger partial charge in [-0.3, -0.25) is 10.3 Å². The Bertz CT molecular complexity index is 1450. The molecule has 0 spiro atoms. The number of nitrogens with one attached hydrogen (secondary N) is 3. The molecule has 0 bridgehead atoms. The molecule has 2 aromatic heterocycles. The van der Waals surface area contributed by atoms with Gasteiger partial charge in [0, 0.05) is 54.3 Å². The van der Waals surface area contributed by atoms with Gasteiger partial charge in [0.2, 0.25) is 0 Å². The number of urea groups is 1. The molecule has 0 atom stereocenters. The first-order valence-corrected chi connectivity index (χ1v) is 12.7. The standard InChI is InChI=1S/C29H33FN6O3/c1-19-15-23(11-13-31-19)39-22-9-10-25(24(30)17-22)33-28(38)34-27-18-26(29(2,3)4)35-36(27)21-8-5-7-20(16-21)32-12-6-14-37/h5,7-11,13,15-18,32,37H,6,12,14H2,1-4H3,(H2,33,34,38). The SMILES string of the molecule is Cc1cc(Oc2ccc(NC(=O)Nc3cc(C(C)(C)C)nn3-c3cccc(NCCCO)c3)c(F)c2)ccn1. The highest BCUT2D eigenvalue weighted by atomic mass is 19.1. The fourth-order valence-corrected chi connectivity index (χ4v) is 3.74. The zero-order valence-corrected chi connectivity index (χ0v) is 22.5. The first-order valence-electron chi connectivity index (χ1n) is 12.7. The third-order valence-corrected chi connectivity index (χ3v) is 5.77. The smallest absolute Gasteiger partial charge is 0.324 e. The number of amides is 2. The van der Waals surface area contributed by atoms with Crippen LogP contribution >= 0.6 is 0 Å². The van der Waals surface area contributed by atoms with Gasteiger partial charge in [0.05, 0.1) is 17.1 Å². The molecule has 4 aromatic rings. The summed E-state index contributed by atoms with van der Waals surface area (Å²) in [6, 6.07) is 16.4. The lowest BCUT2D eigenvalue weighted by molar-refractivity contribution is 0.262. The third-order valence-electron chi connectivity index (χ3n) is 5.77. The number of anilines is 3. The van der Waals surface area contributed by atoms with E-state index in [1.54, 1.807) is 35.1 Å². The number of rotatable bonds is 9. The van der Waals surface area contributed by atoms with E-state index >= 15 is 0 Å². The van der Waals surface area contributed by atoms with Crippen molar-refractivity contribution in [3.63, 3.8) is 0 Å². The van der Waals surface area contributed by atoms with Crippen molar-refractivity contribution in [2.24, 2.45) is 0 Å². The van der Waals surface area contributed by atoms with Crippen molar-refractivity contribution in [1.29, 1.82) is 0 Å². The van der Waals surface area contributed by atoms with Crippen LogP contribution in [0.1, 0.15) is 38.6 Å². The normalized spacial score (nSPS) is 11.2. The molecular weight excluding hydrogens is 499 g/mol. The molecule has 204 valence electrons. The van der Waals surface area contributed by atoms with Gasteiger partial charge in [0.1, 0.15) is 23.1 Å². The summed E-state index contributed by atoms with van der Waals surface area (Å²) in [6.45, 7) is 8.65. The summed E-state index contributed by atoms with van der Waals surface area (Å²) in [7, 11) is 0. The van der Waals surface area contributed by atoms with E-state index in [0.29, 0.717) is 30.3 Å². The van der Waals surface area contributed by atoms with E-state index in [-0.39, 0.29) is 17.7 Å². The number of aliphatic hydroxyl groups is 1. The Morgan fingerprint density at radius 2 is 1.85 bits per heavy atom. The Kier molecular flexibility index (Phi) is 8.46. The molecule has 2 amide bonds. The molecular formula is C29H33FN6O3. The Hall–Kier alpha value is -4.44. The summed E-state index contributed by atoms with van der Waals surface area (Å²) in [4.78, 5) is 17.0. The predicted octanol–water partition coefficient (Wildman–Crippen LogP) is 6.24. The molecule has 2 aromatic carbocycles. The van der Waals surface area contributed by atoms with E-state index in [1.165, 1.54) is 12.1 Å². The summed E-state index contributed by atoms with van der Waals surface area (Å²) in [6.07, 6.45) is 2.24. The molecule has 0 fully saturated rings. The number of carbonyl (C=O) groups is 1. The van der Waals surface area contributed by atoms with Gasteiger partial charge < -0.3 is 20.5 Å². The highest BCUT2D eigenvalue weighted by Gasteiger charge is 2.22. The van der Waals surface area contributed by atoms with E-state index in [9.17, 15) is 9.18 Å². The maximum absolute atomic E-state index is 14.8. The first kappa shape index (κ1) is 27.6. The second-order valence-electron chi connectivity index (χ2n) is 10.1. The highest BCUT2D eigenvalue weighted by Crippen LogP contribution is 2.29. The summed E-state index contributed by atoms with van der Waals surface area (Å²) in [5, 5.41) is 22.4. The number of aliphatic hydroxyl groups excluding tert-OH is 1. The fourth-order valence-electron chi connectivity index (χ4n) is 3.74. The zero-order chi connectivity index (χ0) is 28.0. The summed E-state index contributed by atoms with van der Waals surface area (Å²) >= 11 is 0. The number of ether oxygens (including phenoxy) is 1. The maximum atomic E-state index is 14.8. The molecule has 4 N–H and O–H groups in total. The van der Waals surface area contributed by atoms with Gasteiger partial charge in [-0.25, -0.2) is 13.9 Å². The summed E-state index contributed by atoms with van der Waals surface area (Å²) < 4.78 is 22.2. The van der Waals surface area contributed by atoms with Gasteiger partial charge in [-0.2, -0.15) is 5.10 Å². The van der Waals surface area contributed by atoms with E-state index in [4.69, 9.17) is 14.9 Å². The van der Waals surface area contributed by atoms with Crippen LogP contribution < -0.4 is 20.7 Å². The number of hydrogen-bond donors (Lipinski definition) is 4. The van der Waals surface area contributed by atoms with Crippen molar-refractivity contribution in [2.75, 3.05) is 29.1 Å². The minimum absolute atomic E-state index is 0.00273. The topological polar surface area (TPSA) is 113 Å². The average molecular weight is 533 g/mol. The molecule has 0 radical (unpaired) electrons. The van der Waals surface area contributed by atoms with Gasteiger partial charge in [-0.15, -0.1) is 0 Å². The van der Waals surface area contributed by atoms with E-state index < -0.39 is 11.8 Å². The van der Waals surface area contributed by atoms with Gasteiger partial charge >= 0.3 is 6.03 Å². The number of benzene rings is 2. The summed E-state index contributed by atoms with van der Waals surface area (Å²) in [5.41, 5.74) is 2.87. The number of aromatic nitrogens is 3. The second-order valence-corrected chi connectivity index (χ2v) is 10.1. The van der Waals surface area contributed by atoms with Gasteiger partial charge in [0.25, 0.3) is 0 Å². The summed E-state index contributed by atoms with van der Waals surface area (Å²) in [5.74, 6) is 0.623. The molecule has 0 saturated heterocycles. The van der Waals surface area contributed by atoms with Gasteiger partial charge in [-0.05, 0) is 49.7 Å². The van der Waals surface area contributed by atoms with Crippen molar-refractivity contribution in [3.8, 4) is 17.2 Å². The predicted molar refractivity (Wildman–Crippen MR) is 151 cm³/mol. The van der Waals surface area contributed by atoms with Crippen molar-refractivity contribution < 1.29 is 19.0 Å². The molecule has 0 aliphatic heterocycles. The van der Waals surface area contributed by atoms with Gasteiger partial charge in [-0.1, -0.05) is 26.8 Å². The number of halogens is 1. The van der Waals surface area contributed by atoms with Crippen LogP contribution in [0.5, 0.6) is 11.5 Å². The average Bonchev–Trinajstić information content (AvgIpc) is 3.30. The van der Waals surface area contributed by atoms with Crippen LogP contribution in [-0.2, 0) is 5.41 Å². The van der Waals surface area contributed by atoms with Crippen LogP contribution in [0.2, 0.25) is 0 Å². The molecule has 0 saturated carbocycles. The number of nitrogens with zero attached hydrogens (tertiary/aromatic N) is 3. The van der Waals surface area contributed by atoms with Crippen molar-refractivity contribution >= 4 is 23.2 Å². The first-order chi connectivity index (χ1) is 18.6. The number of pyridine rings is 1. The molecule has 10 heteroatoms. The highest BCUT2D eigenvalue weighted by molar-refractivity contribution is 5.99. The molecule has 0 aliphatic carbocycles. The van der Waals surface area contributed by atoms with E-state index in [1.807, 2.05) is 52.0 Å². The van der Waals surface area contributed by atoms with E-state index in [2.05, 4.69) is 20.9 Å². The molecule has 2 heterocycles. The molecule has 0 aliphatic rings. The molecule has 0 unspecified atom stereocenters. The lowest BCUT2D eigenvalue weighted by Crippen LogP contribution is -2.22. The molecule has 9 nitrogen and oxygen atoms in total. The Morgan fingerprint density at radius 1 is 1.05 bits per heavy atom. The lowest BCUT2D eigenvalue weighted by Gasteiger charge is -2.14. The minimum Gasteiger partial charge on any atom is -0.457 e. The van der Waals surface area contributed by atoms with Crippen molar-refractivity contribution in [2.45, 2.75) is 39.5 Å². The largest absolute Gasteiger partial charge is 0.457 e. The molecule has 4 rings (SSSR count). The minimum atomic E-state index is -0.640. The monoisotopic (exact) mass is 532 g/mol. The van der Waals surface area contributed by atoms with Crippen LogP contribution in [0.4, 0.5) is 26.4 Å². The Balaban J connectivity index is 1.52. The van der Waals surface area contributed by atoms with Crippen LogP contribution in [0.3, 0.4) is 0 Å². The van der Waals surface area contributed by atoms with E-state index in [0.717, 1.165) is 22.8 Å². The Morgan fingerprint density at radius 3 is 2.56 bits per heavy atom. The lowest BCUT2D eigenvalue weighted by atomic mass is 9.92. The number of hydrogen-bond acceptors (Lipinski definition) is 6. The van der Waals surface area contributed by atoms with Crippen LogP contribution in [0, 0.1) is 12.7 Å². The molecule has 39 heavy (non-hydrogen) atoms. The third kappa shape index (κ3) is 7.32. The Labute approximate surface area is 227 Å². The van der Waals surface area contributed by atoms with Crippen molar-refractivity contribution in [1.82, 2.24) is 14.8 Å².